The Labute approximate surface area is 188 Å². The van der Waals surface area contributed by atoms with Crippen LogP contribution in [0.15, 0.2) is 78.9 Å². The minimum atomic E-state index is -0.598. The van der Waals surface area contributed by atoms with E-state index in [0.29, 0.717) is 6.54 Å². The van der Waals surface area contributed by atoms with Crippen LogP contribution in [0.25, 0.3) is 0 Å². The van der Waals surface area contributed by atoms with Gasteiger partial charge in [-0.15, -0.1) is 0 Å². The van der Waals surface area contributed by atoms with Crippen molar-refractivity contribution in [2.75, 3.05) is 7.05 Å². The molecule has 1 heterocycles. The van der Waals surface area contributed by atoms with E-state index in [2.05, 4.69) is 72.9 Å². The molecule has 0 spiro atoms. The minimum Gasteiger partial charge on any atom is -0.309 e. The van der Waals surface area contributed by atoms with Crippen molar-refractivity contribution in [1.82, 2.24) is 10.2 Å². The van der Waals surface area contributed by atoms with Gasteiger partial charge >= 0.3 is 0 Å². The Balaban J connectivity index is 1.58. The Morgan fingerprint density at radius 2 is 1.41 bits per heavy atom. The molecule has 1 aliphatic heterocycles. The minimum absolute atomic E-state index is 0.0476. The molecule has 1 unspecified atom stereocenters. The molecule has 3 aromatic rings. The molecule has 2 bridgehead atoms. The van der Waals surface area contributed by atoms with Gasteiger partial charge in [-0.1, -0.05) is 78.9 Å². The van der Waals surface area contributed by atoms with Crippen LogP contribution in [0, 0.1) is 11.8 Å². The molecule has 3 atom stereocenters. The van der Waals surface area contributed by atoms with Crippen LogP contribution in [-0.4, -0.2) is 29.8 Å². The topological polar surface area (TPSA) is 49.4 Å². The molecule has 1 N–H and O–H groups in total. The fourth-order valence-corrected chi connectivity index (χ4v) is 6.74. The van der Waals surface area contributed by atoms with Crippen molar-refractivity contribution in [2.24, 2.45) is 11.8 Å². The zero-order chi connectivity index (χ0) is 22.0. The second-order valence-electron chi connectivity index (χ2n) is 9.35. The number of carbonyl (C=O) groups excluding carboxylic acids is 2. The lowest BCUT2D eigenvalue weighted by molar-refractivity contribution is -0.138. The van der Waals surface area contributed by atoms with Gasteiger partial charge in [0.25, 0.3) is 0 Å². The maximum absolute atomic E-state index is 13.6. The van der Waals surface area contributed by atoms with Crippen molar-refractivity contribution in [3.05, 3.63) is 107 Å². The predicted molar refractivity (Wildman–Crippen MR) is 123 cm³/mol. The summed E-state index contributed by atoms with van der Waals surface area (Å²) in [7, 11) is 1.65. The van der Waals surface area contributed by atoms with E-state index in [-0.39, 0.29) is 29.7 Å². The predicted octanol–water partition coefficient (Wildman–Crippen LogP) is 3.84. The molecule has 2 amide bonds. The molecule has 3 aliphatic carbocycles. The highest BCUT2D eigenvalue weighted by atomic mass is 16.2. The number of amides is 2. The van der Waals surface area contributed by atoms with E-state index in [1.807, 2.05) is 18.2 Å². The smallest absolute Gasteiger partial charge is 0.234 e. The second kappa shape index (κ2) is 6.88. The van der Waals surface area contributed by atoms with Crippen molar-refractivity contribution >= 4 is 11.8 Å². The Morgan fingerprint density at radius 1 is 0.844 bits per heavy atom. The van der Waals surface area contributed by atoms with Gasteiger partial charge in [0.1, 0.15) is 0 Å². The SMILES string of the molecule is CC(NCc1ccccc1)C12c3ccccc3C(c3ccccc31)[C@H]1C(=O)N(C)C(=O)[C@H]12. The van der Waals surface area contributed by atoms with Gasteiger partial charge in [-0.2, -0.15) is 0 Å². The van der Waals surface area contributed by atoms with Crippen molar-refractivity contribution in [2.45, 2.75) is 30.8 Å². The number of likely N-dealkylation sites (tertiary alicyclic amines) is 1. The van der Waals surface area contributed by atoms with Crippen molar-refractivity contribution < 1.29 is 9.59 Å². The largest absolute Gasteiger partial charge is 0.309 e. The van der Waals surface area contributed by atoms with E-state index in [9.17, 15) is 9.59 Å². The number of nitrogens with zero attached hydrogens (tertiary/aromatic N) is 1. The number of rotatable bonds is 4. The summed E-state index contributed by atoms with van der Waals surface area (Å²) in [5.41, 5.74) is 5.36. The van der Waals surface area contributed by atoms with Crippen LogP contribution in [0.3, 0.4) is 0 Å². The van der Waals surface area contributed by atoms with Crippen LogP contribution in [0.2, 0.25) is 0 Å². The molecule has 0 saturated carbocycles. The highest BCUT2D eigenvalue weighted by Crippen LogP contribution is 2.64. The molecule has 1 fully saturated rings. The number of nitrogens with one attached hydrogen (secondary N) is 1. The van der Waals surface area contributed by atoms with Crippen LogP contribution in [0.1, 0.15) is 40.7 Å². The first-order valence-corrected chi connectivity index (χ1v) is 11.3. The van der Waals surface area contributed by atoms with E-state index in [0.717, 1.165) is 0 Å². The summed E-state index contributed by atoms with van der Waals surface area (Å²) < 4.78 is 0. The first kappa shape index (κ1) is 19.4. The standard InChI is InChI=1S/C28H26N2O2/c1-17(29-16-18-10-4-3-5-11-18)28-21-14-8-6-12-19(21)23(20-13-7-9-15-22(20)28)24-25(28)27(32)30(2)26(24)31/h3-15,17,23-25,29H,16H2,1-2H3/t17?,23?,24-,25+,28?/m1/s1. The van der Waals surface area contributed by atoms with Gasteiger partial charge < -0.3 is 5.32 Å². The van der Waals surface area contributed by atoms with E-state index in [1.165, 1.54) is 32.7 Å². The van der Waals surface area contributed by atoms with Gasteiger partial charge in [-0.3, -0.25) is 14.5 Å². The molecular weight excluding hydrogens is 396 g/mol. The maximum atomic E-state index is 13.6. The summed E-state index contributed by atoms with van der Waals surface area (Å²) in [6.45, 7) is 2.88. The summed E-state index contributed by atoms with van der Waals surface area (Å²) in [6.07, 6.45) is 0. The number of benzene rings is 3. The lowest BCUT2D eigenvalue weighted by atomic mass is 9.45. The highest BCUT2D eigenvalue weighted by Gasteiger charge is 2.68. The van der Waals surface area contributed by atoms with Crippen molar-refractivity contribution in [1.29, 1.82) is 0 Å². The molecule has 32 heavy (non-hydrogen) atoms. The third kappa shape index (κ3) is 2.31. The zero-order valence-electron chi connectivity index (χ0n) is 18.3. The Morgan fingerprint density at radius 3 is 2.03 bits per heavy atom. The van der Waals surface area contributed by atoms with Gasteiger partial charge in [0, 0.05) is 31.0 Å². The third-order valence-electron chi connectivity index (χ3n) is 8.04. The van der Waals surface area contributed by atoms with E-state index in [4.69, 9.17) is 0 Å². The van der Waals surface area contributed by atoms with Gasteiger partial charge in [0.2, 0.25) is 11.8 Å². The quantitative estimate of drug-likeness (QED) is 0.650. The second-order valence-corrected chi connectivity index (χ2v) is 9.35. The Hall–Kier alpha value is -3.24. The number of hydrogen-bond donors (Lipinski definition) is 1. The summed E-state index contributed by atoms with van der Waals surface area (Å²) >= 11 is 0. The number of hydrogen-bond acceptors (Lipinski definition) is 3. The fourth-order valence-electron chi connectivity index (χ4n) is 6.74. The van der Waals surface area contributed by atoms with Gasteiger partial charge in [0.15, 0.2) is 0 Å². The third-order valence-corrected chi connectivity index (χ3v) is 8.04. The normalized spacial score (nSPS) is 28.3. The first-order valence-electron chi connectivity index (χ1n) is 11.3. The van der Waals surface area contributed by atoms with E-state index >= 15 is 0 Å². The van der Waals surface area contributed by atoms with Gasteiger partial charge in [-0.05, 0) is 34.7 Å². The summed E-state index contributed by atoms with van der Waals surface area (Å²) in [5, 5.41) is 3.75. The summed E-state index contributed by atoms with van der Waals surface area (Å²) in [6, 6.07) is 27.2. The summed E-state index contributed by atoms with van der Waals surface area (Å²) in [5.74, 6) is -0.917. The molecule has 4 nitrogen and oxygen atoms in total. The van der Waals surface area contributed by atoms with Gasteiger partial charge in [-0.25, -0.2) is 0 Å². The number of imide groups is 1. The van der Waals surface area contributed by atoms with Crippen LogP contribution in [-0.2, 0) is 21.5 Å². The molecule has 160 valence electrons. The van der Waals surface area contributed by atoms with Crippen molar-refractivity contribution in [3.8, 4) is 0 Å². The molecule has 3 aromatic carbocycles. The highest BCUT2D eigenvalue weighted by molar-refractivity contribution is 6.08. The monoisotopic (exact) mass is 422 g/mol. The Kier molecular flexibility index (Phi) is 4.18. The lowest BCUT2D eigenvalue weighted by Gasteiger charge is -2.57. The molecule has 0 aromatic heterocycles. The average Bonchev–Trinajstić information content (AvgIpc) is 3.08. The van der Waals surface area contributed by atoms with Crippen LogP contribution in [0.4, 0.5) is 0 Å². The molecule has 4 aliphatic rings. The van der Waals surface area contributed by atoms with Crippen LogP contribution >= 0.6 is 0 Å². The molecular formula is C28H26N2O2. The molecule has 0 radical (unpaired) electrons. The molecule has 7 rings (SSSR count). The van der Waals surface area contributed by atoms with Crippen molar-refractivity contribution in [3.63, 3.8) is 0 Å². The van der Waals surface area contributed by atoms with E-state index < -0.39 is 11.3 Å². The fraction of sp³-hybridized carbons (Fsp3) is 0.286. The van der Waals surface area contributed by atoms with Crippen LogP contribution in [0.5, 0.6) is 0 Å². The first-order chi connectivity index (χ1) is 15.6. The Bertz CT molecular complexity index is 1190. The molecule has 4 heteroatoms. The lowest BCUT2D eigenvalue weighted by Crippen LogP contribution is -2.61. The average molecular weight is 423 g/mol. The van der Waals surface area contributed by atoms with E-state index in [1.54, 1.807) is 7.05 Å². The zero-order valence-corrected chi connectivity index (χ0v) is 18.3. The van der Waals surface area contributed by atoms with Crippen LogP contribution < -0.4 is 5.32 Å². The number of carbonyl (C=O) groups is 2. The van der Waals surface area contributed by atoms with Gasteiger partial charge in [0.05, 0.1) is 11.8 Å². The summed E-state index contributed by atoms with van der Waals surface area (Å²) in [4.78, 5) is 28.4. The molecule has 1 saturated heterocycles. The maximum Gasteiger partial charge on any atom is 0.234 e.